The van der Waals surface area contributed by atoms with Crippen molar-refractivity contribution < 1.29 is 0 Å². The highest BCUT2D eigenvalue weighted by Crippen LogP contribution is 2.63. The van der Waals surface area contributed by atoms with Gasteiger partial charge in [-0.15, -0.1) is 0 Å². The van der Waals surface area contributed by atoms with E-state index >= 15 is 0 Å². The van der Waals surface area contributed by atoms with Gasteiger partial charge in [-0.1, -0.05) is 40.2 Å². The van der Waals surface area contributed by atoms with E-state index in [1.54, 1.807) is 11.1 Å². The van der Waals surface area contributed by atoms with Gasteiger partial charge >= 0.3 is 0 Å². The van der Waals surface area contributed by atoms with Crippen LogP contribution in [0.1, 0.15) is 29.4 Å². The fourth-order valence-electron chi connectivity index (χ4n) is 2.93. The fourth-order valence-corrected chi connectivity index (χ4v) is 3.39. The molecule has 0 heterocycles. The molecule has 0 saturated heterocycles. The van der Waals surface area contributed by atoms with Crippen molar-refractivity contribution in [2.24, 2.45) is 0 Å². The lowest BCUT2D eigenvalue weighted by atomic mass is 10.0. The third kappa shape index (κ3) is 0.718. The summed E-state index contributed by atoms with van der Waals surface area (Å²) >= 11 is 3.63. The monoisotopic (exact) mass is 244 g/mol. The van der Waals surface area contributed by atoms with Gasteiger partial charge in [0.2, 0.25) is 0 Å². The van der Waals surface area contributed by atoms with Crippen LogP contribution in [-0.4, -0.2) is 0 Å². The second kappa shape index (κ2) is 2.22. The minimum Gasteiger partial charge on any atom is -0.0613 e. The molecule has 2 aromatic rings. The molecule has 0 bridgehead atoms. The Bertz CT molecular complexity index is 542. The first-order chi connectivity index (χ1) is 6.86. The standard InChI is InChI=1S/C13H9Br/c14-12-5-4-8-11-6-10(11)7-2-1-3-9(12)13(7)8/h1-5,10-11H,6H2. The molecule has 68 valence electrons. The summed E-state index contributed by atoms with van der Waals surface area (Å²) in [6.07, 6.45) is 1.38. The number of benzene rings is 2. The maximum Gasteiger partial charge on any atom is 0.0254 e. The lowest BCUT2D eigenvalue weighted by Gasteiger charge is -2.06. The van der Waals surface area contributed by atoms with E-state index in [0.29, 0.717) is 0 Å². The Kier molecular flexibility index (Phi) is 1.18. The van der Waals surface area contributed by atoms with Gasteiger partial charge in [0, 0.05) is 4.47 Å². The highest BCUT2D eigenvalue weighted by Gasteiger charge is 2.46. The fraction of sp³-hybridized carbons (Fsp3) is 0.231. The Balaban J connectivity index is 2.28. The van der Waals surface area contributed by atoms with Crippen LogP contribution in [-0.2, 0) is 0 Å². The first-order valence-corrected chi connectivity index (χ1v) is 5.86. The number of rotatable bonds is 0. The van der Waals surface area contributed by atoms with Crippen LogP contribution in [0.2, 0.25) is 0 Å². The van der Waals surface area contributed by atoms with Crippen molar-refractivity contribution in [3.63, 3.8) is 0 Å². The predicted molar refractivity (Wildman–Crippen MR) is 61.7 cm³/mol. The molecular weight excluding hydrogens is 236 g/mol. The maximum atomic E-state index is 3.63. The lowest BCUT2D eigenvalue weighted by Crippen LogP contribution is -1.83. The quantitative estimate of drug-likeness (QED) is 0.652. The Hall–Kier alpha value is -0.820. The van der Waals surface area contributed by atoms with E-state index in [-0.39, 0.29) is 0 Å². The molecule has 2 aliphatic carbocycles. The zero-order valence-electron chi connectivity index (χ0n) is 7.63. The number of hydrogen-bond donors (Lipinski definition) is 0. The van der Waals surface area contributed by atoms with E-state index < -0.39 is 0 Å². The molecule has 0 N–H and O–H groups in total. The van der Waals surface area contributed by atoms with Crippen LogP contribution in [0.4, 0.5) is 0 Å². The Morgan fingerprint density at radius 1 is 1.00 bits per heavy atom. The van der Waals surface area contributed by atoms with Crippen molar-refractivity contribution >= 4 is 26.7 Å². The van der Waals surface area contributed by atoms with E-state index in [9.17, 15) is 0 Å². The normalized spacial score (nSPS) is 26.6. The SMILES string of the molecule is Brc1ccc2c3c(cccc13)C1CC21. The number of fused-ring (bicyclic) bond motifs is 3. The van der Waals surface area contributed by atoms with Crippen molar-refractivity contribution in [3.05, 3.63) is 45.9 Å². The van der Waals surface area contributed by atoms with Crippen LogP contribution in [0.25, 0.3) is 10.8 Å². The Morgan fingerprint density at radius 3 is 2.64 bits per heavy atom. The third-order valence-corrected chi connectivity index (χ3v) is 4.33. The average Bonchev–Trinajstić information content (AvgIpc) is 2.93. The average molecular weight is 245 g/mol. The van der Waals surface area contributed by atoms with Gasteiger partial charge in [0.15, 0.2) is 0 Å². The van der Waals surface area contributed by atoms with E-state index in [4.69, 9.17) is 0 Å². The highest BCUT2D eigenvalue weighted by atomic mass is 79.9. The van der Waals surface area contributed by atoms with Crippen LogP contribution in [0, 0.1) is 0 Å². The molecule has 0 radical (unpaired) electrons. The van der Waals surface area contributed by atoms with Crippen LogP contribution in [0.15, 0.2) is 34.8 Å². The summed E-state index contributed by atoms with van der Waals surface area (Å²) < 4.78 is 1.24. The van der Waals surface area contributed by atoms with Crippen molar-refractivity contribution in [2.75, 3.05) is 0 Å². The van der Waals surface area contributed by atoms with Crippen LogP contribution >= 0.6 is 15.9 Å². The second-order valence-electron chi connectivity index (χ2n) is 4.36. The summed E-state index contributed by atoms with van der Waals surface area (Å²) in [6.45, 7) is 0. The summed E-state index contributed by atoms with van der Waals surface area (Å²) in [5.74, 6) is 1.70. The van der Waals surface area contributed by atoms with E-state index in [1.807, 2.05) is 0 Å². The molecule has 2 aliphatic rings. The Morgan fingerprint density at radius 2 is 1.79 bits per heavy atom. The van der Waals surface area contributed by atoms with Crippen molar-refractivity contribution in [3.8, 4) is 0 Å². The second-order valence-corrected chi connectivity index (χ2v) is 5.21. The third-order valence-electron chi connectivity index (χ3n) is 3.64. The molecule has 0 aromatic heterocycles. The molecule has 4 rings (SSSR count). The smallest absolute Gasteiger partial charge is 0.0254 e. The summed E-state index contributed by atoms with van der Waals surface area (Å²) in [5, 5.41) is 2.93. The molecule has 0 aliphatic heterocycles. The minimum atomic E-state index is 0.850. The zero-order valence-corrected chi connectivity index (χ0v) is 9.21. The van der Waals surface area contributed by atoms with Crippen LogP contribution in [0.3, 0.4) is 0 Å². The van der Waals surface area contributed by atoms with Gasteiger partial charge in [0.25, 0.3) is 0 Å². The molecule has 0 amide bonds. The lowest BCUT2D eigenvalue weighted by molar-refractivity contribution is 1.10. The first kappa shape index (κ1) is 7.47. The van der Waals surface area contributed by atoms with Crippen molar-refractivity contribution in [1.82, 2.24) is 0 Å². The van der Waals surface area contributed by atoms with E-state index in [0.717, 1.165) is 11.8 Å². The van der Waals surface area contributed by atoms with Gasteiger partial charge in [-0.25, -0.2) is 0 Å². The van der Waals surface area contributed by atoms with Gasteiger partial charge in [0.05, 0.1) is 0 Å². The van der Waals surface area contributed by atoms with E-state index in [1.165, 1.54) is 21.7 Å². The Labute approximate surface area is 91.1 Å². The number of halogens is 1. The molecule has 2 aromatic carbocycles. The molecule has 2 unspecified atom stereocenters. The first-order valence-electron chi connectivity index (χ1n) is 5.07. The maximum absolute atomic E-state index is 3.63. The van der Waals surface area contributed by atoms with Gasteiger partial charge in [0.1, 0.15) is 0 Å². The van der Waals surface area contributed by atoms with Crippen LogP contribution in [0.5, 0.6) is 0 Å². The molecular formula is C13H9Br. The largest absolute Gasteiger partial charge is 0.0613 e. The molecule has 1 fully saturated rings. The summed E-state index contributed by atoms with van der Waals surface area (Å²) in [4.78, 5) is 0. The molecule has 0 spiro atoms. The summed E-state index contributed by atoms with van der Waals surface area (Å²) in [7, 11) is 0. The molecule has 1 heteroatoms. The van der Waals surface area contributed by atoms with Crippen molar-refractivity contribution in [1.29, 1.82) is 0 Å². The highest BCUT2D eigenvalue weighted by molar-refractivity contribution is 9.10. The molecule has 0 nitrogen and oxygen atoms in total. The van der Waals surface area contributed by atoms with Gasteiger partial charge in [-0.05, 0) is 46.2 Å². The zero-order chi connectivity index (χ0) is 9.28. The summed E-state index contributed by atoms with van der Waals surface area (Å²) in [5.41, 5.74) is 3.17. The van der Waals surface area contributed by atoms with Crippen LogP contribution < -0.4 is 0 Å². The molecule has 2 atom stereocenters. The topological polar surface area (TPSA) is 0 Å². The number of hydrogen-bond acceptors (Lipinski definition) is 0. The van der Waals surface area contributed by atoms with Gasteiger partial charge in [-0.2, -0.15) is 0 Å². The molecule has 14 heavy (non-hydrogen) atoms. The van der Waals surface area contributed by atoms with Gasteiger partial charge < -0.3 is 0 Å². The van der Waals surface area contributed by atoms with Gasteiger partial charge in [-0.3, -0.25) is 0 Å². The van der Waals surface area contributed by atoms with E-state index in [2.05, 4.69) is 46.3 Å². The summed E-state index contributed by atoms with van der Waals surface area (Å²) in [6, 6.07) is 11.2. The predicted octanol–water partition coefficient (Wildman–Crippen LogP) is 4.19. The minimum absolute atomic E-state index is 0.850. The van der Waals surface area contributed by atoms with Crippen molar-refractivity contribution in [2.45, 2.75) is 18.3 Å². The molecule has 1 saturated carbocycles.